The minimum atomic E-state index is 0.826. The monoisotopic (exact) mass is 223 g/mol. The van der Waals surface area contributed by atoms with Crippen molar-refractivity contribution in [3.8, 4) is 0 Å². The summed E-state index contributed by atoms with van der Waals surface area (Å²) in [5.74, 6) is 1.08. The molecule has 0 amide bonds. The standard InChI is InChI=1S/C11H21N5/c1-4-15-5-7-16(8-6-15)11-10(12)9(2)13-14(11)3/h4-8,12H2,1-3H3. The fraction of sp³-hybridized carbons (Fsp3) is 0.727. The Morgan fingerprint density at radius 2 is 1.88 bits per heavy atom. The zero-order chi connectivity index (χ0) is 11.7. The number of hydrogen-bond acceptors (Lipinski definition) is 4. The summed E-state index contributed by atoms with van der Waals surface area (Å²) in [6.45, 7) is 9.60. The maximum Gasteiger partial charge on any atom is 0.150 e. The molecule has 0 radical (unpaired) electrons. The van der Waals surface area contributed by atoms with Crippen LogP contribution >= 0.6 is 0 Å². The van der Waals surface area contributed by atoms with Crippen LogP contribution in [0.5, 0.6) is 0 Å². The molecule has 1 aromatic heterocycles. The molecule has 0 unspecified atom stereocenters. The van der Waals surface area contributed by atoms with Crippen molar-refractivity contribution in [3.63, 3.8) is 0 Å². The van der Waals surface area contributed by atoms with Crippen molar-refractivity contribution < 1.29 is 0 Å². The van der Waals surface area contributed by atoms with Gasteiger partial charge in [0, 0.05) is 33.2 Å². The molecule has 90 valence electrons. The first kappa shape index (κ1) is 11.3. The number of nitrogen functional groups attached to an aromatic ring is 1. The molecule has 1 aliphatic rings. The lowest BCUT2D eigenvalue weighted by Gasteiger charge is -2.35. The van der Waals surface area contributed by atoms with Gasteiger partial charge < -0.3 is 15.5 Å². The largest absolute Gasteiger partial charge is 0.394 e. The topological polar surface area (TPSA) is 50.3 Å². The van der Waals surface area contributed by atoms with E-state index in [1.165, 1.54) is 0 Å². The molecule has 0 saturated carbocycles. The fourth-order valence-corrected chi connectivity index (χ4v) is 2.31. The summed E-state index contributed by atoms with van der Waals surface area (Å²) in [6.07, 6.45) is 0. The number of nitrogens with zero attached hydrogens (tertiary/aromatic N) is 4. The minimum Gasteiger partial charge on any atom is -0.394 e. The summed E-state index contributed by atoms with van der Waals surface area (Å²) >= 11 is 0. The van der Waals surface area contributed by atoms with Crippen LogP contribution in [0.3, 0.4) is 0 Å². The number of rotatable bonds is 2. The molecule has 16 heavy (non-hydrogen) atoms. The van der Waals surface area contributed by atoms with Gasteiger partial charge in [-0.15, -0.1) is 0 Å². The van der Waals surface area contributed by atoms with Gasteiger partial charge in [0.2, 0.25) is 0 Å². The van der Waals surface area contributed by atoms with Crippen LogP contribution < -0.4 is 10.6 Å². The number of aromatic nitrogens is 2. The molecular formula is C11H21N5. The molecule has 0 spiro atoms. The molecule has 5 nitrogen and oxygen atoms in total. The van der Waals surface area contributed by atoms with Gasteiger partial charge in [-0.1, -0.05) is 6.92 Å². The summed E-state index contributed by atoms with van der Waals surface area (Å²) in [6, 6.07) is 0. The van der Waals surface area contributed by atoms with Crippen LogP contribution in [-0.4, -0.2) is 47.4 Å². The van der Waals surface area contributed by atoms with Crippen molar-refractivity contribution in [2.45, 2.75) is 13.8 Å². The molecular weight excluding hydrogens is 202 g/mol. The highest BCUT2D eigenvalue weighted by Crippen LogP contribution is 2.26. The summed E-state index contributed by atoms with van der Waals surface area (Å²) in [4.78, 5) is 4.79. The second-order valence-corrected chi connectivity index (χ2v) is 4.37. The highest BCUT2D eigenvalue weighted by Gasteiger charge is 2.21. The van der Waals surface area contributed by atoms with Crippen LogP contribution in [-0.2, 0) is 7.05 Å². The van der Waals surface area contributed by atoms with Crippen molar-refractivity contribution in [1.82, 2.24) is 14.7 Å². The molecule has 1 saturated heterocycles. The van der Waals surface area contributed by atoms with E-state index < -0.39 is 0 Å². The molecule has 1 aliphatic heterocycles. The highest BCUT2D eigenvalue weighted by molar-refractivity contribution is 5.66. The zero-order valence-electron chi connectivity index (χ0n) is 10.4. The number of piperazine rings is 1. The van der Waals surface area contributed by atoms with E-state index in [4.69, 9.17) is 5.73 Å². The third-order valence-electron chi connectivity index (χ3n) is 3.36. The van der Waals surface area contributed by atoms with Crippen molar-refractivity contribution in [3.05, 3.63) is 5.69 Å². The summed E-state index contributed by atoms with van der Waals surface area (Å²) < 4.78 is 1.90. The Kier molecular flexibility index (Phi) is 3.05. The Morgan fingerprint density at radius 3 is 2.31 bits per heavy atom. The number of anilines is 2. The second-order valence-electron chi connectivity index (χ2n) is 4.37. The Labute approximate surface area is 96.8 Å². The quantitative estimate of drug-likeness (QED) is 0.791. The molecule has 2 rings (SSSR count). The van der Waals surface area contributed by atoms with Crippen molar-refractivity contribution in [2.24, 2.45) is 7.05 Å². The summed E-state index contributed by atoms with van der Waals surface area (Å²) in [5.41, 5.74) is 7.82. The van der Waals surface area contributed by atoms with Gasteiger partial charge in [-0.25, -0.2) is 0 Å². The van der Waals surface area contributed by atoms with E-state index in [1.54, 1.807) is 0 Å². The van der Waals surface area contributed by atoms with E-state index in [0.29, 0.717) is 0 Å². The third kappa shape index (κ3) is 1.87. The average molecular weight is 223 g/mol. The summed E-state index contributed by atoms with van der Waals surface area (Å²) in [7, 11) is 1.96. The Morgan fingerprint density at radius 1 is 1.25 bits per heavy atom. The molecule has 0 atom stereocenters. The van der Waals surface area contributed by atoms with E-state index >= 15 is 0 Å². The number of hydrogen-bond donors (Lipinski definition) is 1. The van der Waals surface area contributed by atoms with Gasteiger partial charge in [0.25, 0.3) is 0 Å². The SMILES string of the molecule is CCN1CCN(c2c(N)c(C)nn2C)CC1. The van der Waals surface area contributed by atoms with E-state index in [1.807, 2.05) is 18.7 Å². The van der Waals surface area contributed by atoms with Gasteiger partial charge >= 0.3 is 0 Å². The molecule has 5 heteroatoms. The third-order valence-corrected chi connectivity index (χ3v) is 3.36. The molecule has 0 aromatic carbocycles. The Hall–Kier alpha value is -1.23. The fourth-order valence-electron chi connectivity index (χ4n) is 2.31. The highest BCUT2D eigenvalue weighted by atomic mass is 15.4. The first-order valence-corrected chi connectivity index (χ1v) is 5.89. The molecule has 2 N–H and O–H groups in total. The van der Waals surface area contributed by atoms with Gasteiger partial charge in [-0.3, -0.25) is 4.68 Å². The number of nitrogens with two attached hydrogens (primary N) is 1. The van der Waals surface area contributed by atoms with Gasteiger partial charge in [0.15, 0.2) is 0 Å². The lowest BCUT2D eigenvalue weighted by Crippen LogP contribution is -2.46. The normalized spacial score (nSPS) is 18.1. The van der Waals surface area contributed by atoms with Crippen LogP contribution in [0, 0.1) is 6.92 Å². The van der Waals surface area contributed by atoms with Crippen molar-refractivity contribution in [1.29, 1.82) is 0 Å². The van der Waals surface area contributed by atoms with Crippen LogP contribution in [0.25, 0.3) is 0 Å². The van der Waals surface area contributed by atoms with Crippen LogP contribution in [0.1, 0.15) is 12.6 Å². The Balaban J connectivity index is 2.14. The smallest absolute Gasteiger partial charge is 0.150 e. The minimum absolute atomic E-state index is 0.826. The van der Waals surface area contributed by atoms with Crippen LogP contribution in [0.2, 0.25) is 0 Å². The predicted molar refractivity (Wildman–Crippen MR) is 66.7 cm³/mol. The molecule has 0 bridgehead atoms. The first-order valence-electron chi connectivity index (χ1n) is 5.89. The molecule has 1 fully saturated rings. The van der Waals surface area contributed by atoms with Crippen LogP contribution in [0.15, 0.2) is 0 Å². The maximum absolute atomic E-state index is 6.06. The van der Waals surface area contributed by atoms with Gasteiger partial charge in [-0.05, 0) is 13.5 Å². The van der Waals surface area contributed by atoms with Crippen molar-refractivity contribution in [2.75, 3.05) is 43.4 Å². The van der Waals surface area contributed by atoms with E-state index in [2.05, 4.69) is 21.8 Å². The van der Waals surface area contributed by atoms with E-state index in [0.717, 1.165) is 49.9 Å². The Bertz CT molecular complexity index is 363. The number of aryl methyl sites for hydroxylation is 2. The summed E-state index contributed by atoms with van der Waals surface area (Å²) in [5, 5.41) is 4.36. The predicted octanol–water partition coefficient (Wildman–Crippen LogP) is 0.453. The number of likely N-dealkylation sites (N-methyl/N-ethyl adjacent to an activating group) is 1. The van der Waals surface area contributed by atoms with Crippen LogP contribution in [0.4, 0.5) is 11.5 Å². The van der Waals surface area contributed by atoms with E-state index in [-0.39, 0.29) is 0 Å². The van der Waals surface area contributed by atoms with E-state index in [9.17, 15) is 0 Å². The maximum atomic E-state index is 6.06. The average Bonchev–Trinajstić information content (AvgIpc) is 2.54. The molecule has 0 aliphatic carbocycles. The molecule has 1 aromatic rings. The van der Waals surface area contributed by atoms with Gasteiger partial charge in [-0.2, -0.15) is 5.10 Å². The second kappa shape index (κ2) is 4.33. The first-order chi connectivity index (χ1) is 7.63. The zero-order valence-corrected chi connectivity index (χ0v) is 10.4. The van der Waals surface area contributed by atoms with Gasteiger partial charge in [0.1, 0.15) is 5.82 Å². The lowest BCUT2D eigenvalue weighted by atomic mass is 10.3. The van der Waals surface area contributed by atoms with Crippen molar-refractivity contribution >= 4 is 11.5 Å². The lowest BCUT2D eigenvalue weighted by molar-refractivity contribution is 0.270. The van der Waals surface area contributed by atoms with Gasteiger partial charge in [0.05, 0.1) is 11.4 Å². The molecule has 2 heterocycles.